The van der Waals surface area contributed by atoms with Crippen LogP contribution in [-0.2, 0) is 6.42 Å². The van der Waals surface area contributed by atoms with Gasteiger partial charge >= 0.3 is 0 Å². The summed E-state index contributed by atoms with van der Waals surface area (Å²) in [6.07, 6.45) is 2.10. The van der Waals surface area contributed by atoms with Gasteiger partial charge in [0.2, 0.25) is 6.79 Å². The zero-order valence-electron chi connectivity index (χ0n) is 11.9. The van der Waals surface area contributed by atoms with Gasteiger partial charge in [-0.3, -0.25) is 0 Å². The second kappa shape index (κ2) is 6.56. The highest BCUT2D eigenvalue weighted by molar-refractivity contribution is 14.1. The third-order valence-electron chi connectivity index (χ3n) is 3.58. The fourth-order valence-corrected chi connectivity index (χ4v) is 2.94. The summed E-state index contributed by atoms with van der Waals surface area (Å²) in [5.74, 6) is 1.72. The number of hydrogen-bond donors (Lipinski definition) is 1. The Bertz CT molecular complexity index is 630. The van der Waals surface area contributed by atoms with E-state index in [2.05, 4.69) is 71.2 Å². The van der Waals surface area contributed by atoms with Crippen LogP contribution in [0.25, 0.3) is 0 Å². The molecule has 1 N–H and O–H groups in total. The van der Waals surface area contributed by atoms with E-state index < -0.39 is 0 Å². The topological polar surface area (TPSA) is 30.5 Å². The summed E-state index contributed by atoms with van der Waals surface area (Å²) in [5, 5.41) is 3.57. The van der Waals surface area contributed by atoms with E-state index in [1.165, 1.54) is 14.8 Å². The van der Waals surface area contributed by atoms with Crippen LogP contribution in [0.1, 0.15) is 18.9 Å². The normalized spacial score (nSPS) is 14.0. The summed E-state index contributed by atoms with van der Waals surface area (Å²) in [4.78, 5) is 0. The number of hydrogen-bond acceptors (Lipinski definition) is 3. The van der Waals surface area contributed by atoms with Crippen molar-refractivity contribution in [3.63, 3.8) is 0 Å². The lowest BCUT2D eigenvalue weighted by atomic mass is 10.1. The van der Waals surface area contributed by atoms with Crippen molar-refractivity contribution >= 4 is 28.3 Å². The van der Waals surface area contributed by atoms with Crippen LogP contribution in [0.3, 0.4) is 0 Å². The minimum absolute atomic E-state index is 0.336. The quantitative estimate of drug-likeness (QED) is 0.759. The van der Waals surface area contributed by atoms with Crippen molar-refractivity contribution < 1.29 is 9.47 Å². The number of fused-ring (bicyclic) bond motifs is 1. The van der Waals surface area contributed by atoms with Crippen LogP contribution in [0, 0.1) is 3.57 Å². The number of nitrogens with one attached hydrogen (secondary N) is 1. The first-order valence-electron chi connectivity index (χ1n) is 7.12. The number of benzene rings is 2. The molecule has 0 fully saturated rings. The molecule has 0 saturated heterocycles. The van der Waals surface area contributed by atoms with Gasteiger partial charge in [-0.25, -0.2) is 0 Å². The Morgan fingerprint density at radius 3 is 2.81 bits per heavy atom. The van der Waals surface area contributed by atoms with Gasteiger partial charge in [0.05, 0.1) is 0 Å². The Hall–Kier alpha value is -1.43. The molecule has 1 aliphatic heterocycles. The minimum Gasteiger partial charge on any atom is -0.454 e. The Morgan fingerprint density at radius 1 is 1.14 bits per heavy atom. The van der Waals surface area contributed by atoms with Crippen molar-refractivity contribution in [2.75, 3.05) is 12.1 Å². The predicted octanol–water partition coefficient (Wildman–Crippen LogP) is 4.45. The molecule has 1 heterocycles. The number of para-hydroxylation sites is 1. The molecule has 0 spiro atoms. The summed E-state index contributed by atoms with van der Waals surface area (Å²) in [6.45, 7) is 2.55. The van der Waals surface area contributed by atoms with Crippen LogP contribution in [0.5, 0.6) is 11.5 Å². The summed E-state index contributed by atoms with van der Waals surface area (Å²) < 4.78 is 12.0. The smallest absolute Gasteiger partial charge is 0.231 e. The molecule has 3 rings (SSSR count). The van der Waals surface area contributed by atoms with Gasteiger partial charge in [-0.2, -0.15) is 0 Å². The lowest BCUT2D eigenvalue weighted by molar-refractivity contribution is 0.174. The SMILES string of the molecule is CC(CCc1ccc2c(c1)OCO2)Nc1ccccc1I. The lowest BCUT2D eigenvalue weighted by Crippen LogP contribution is -2.16. The van der Waals surface area contributed by atoms with Crippen molar-refractivity contribution in [2.45, 2.75) is 25.8 Å². The molecule has 2 aromatic carbocycles. The average Bonchev–Trinajstić information content (AvgIpc) is 2.95. The highest BCUT2D eigenvalue weighted by Crippen LogP contribution is 2.32. The summed E-state index contributed by atoms with van der Waals surface area (Å²) in [7, 11) is 0. The standard InChI is InChI=1S/C17H18INO2/c1-12(19-15-5-3-2-4-14(15)18)6-7-13-8-9-16-17(10-13)21-11-20-16/h2-5,8-10,12,19H,6-7,11H2,1H3. The fraction of sp³-hybridized carbons (Fsp3) is 0.294. The lowest BCUT2D eigenvalue weighted by Gasteiger charge is -2.16. The Kier molecular flexibility index (Phi) is 4.53. The largest absolute Gasteiger partial charge is 0.454 e. The zero-order chi connectivity index (χ0) is 14.7. The van der Waals surface area contributed by atoms with E-state index in [0.29, 0.717) is 12.8 Å². The Labute approximate surface area is 138 Å². The molecule has 4 heteroatoms. The Balaban J connectivity index is 1.56. The van der Waals surface area contributed by atoms with Gasteiger partial charge in [0.1, 0.15) is 0 Å². The maximum atomic E-state index is 5.42. The molecule has 0 bridgehead atoms. The molecule has 1 unspecified atom stereocenters. The maximum absolute atomic E-state index is 5.42. The van der Waals surface area contributed by atoms with Gasteiger partial charge in [0, 0.05) is 15.3 Å². The number of halogens is 1. The summed E-state index contributed by atoms with van der Waals surface area (Å²) >= 11 is 2.36. The van der Waals surface area contributed by atoms with E-state index in [-0.39, 0.29) is 0 Å². The molecule has 0 amide bonds. The molecule has 3 nitrogen and oxygen atoms in total. The van der Waals surface area contributed by atoms with Crippen molar-refractivity contribution in [1.29, 1.82) is 0 Å². The fourth-order valence-electron chi connectivity index (χ4n) is 2.40. The highest BCUT2D eigenvalue weighted by atomic mass is 127. The summed E-state index contributed by atoms with van der Waals surface area (Å²) in [5.41, 5.74) is 2.49. The first kappa shape index (κ1) is 14.5. The molecule has 0 aromatic heterocycles. The van der Waals surface area contributed by atoms with Gasteiger partial charge in [-0.15, -0.1) is 0 Å². The molecule has 0 radical (unpaired) electrons. The van der Waals surface area contributed by atoms with Crippen molar-refractivity contribution in [2.24, 2.45) is 0 Å². The van der Waals surface area contributed by atoms with E-state index >= 15 is 0 Å². The number of anilines is 1. The van der Waals surface area contributed by atoms with E-state index in [1.807, 2.05) is 6.07 Å². The molecule has 0 saturated carbocycles. The monoisotopic (exact) mass is 395 g/mol. The molecular formula is C17H18INO2. The third-order valence-corrected chi connectivity index (χ3v) is 4.52. The molecule has 0 aliphatic carbocycles. The molecule has 110 valence electrons. The zero-order valence-corrected chi connectivity index (χ0v) is 14.1. The van der Waals surface area contributed by atoms with Gasteiger partial charge in [-0.05, 0) is 72.2 Å². The van der Waals surface area contributed by atoms with Crippen molar-refractivity contribution in [3.8, 4) is 11.5 Å². The minimum atomic E-state index is 0.336. The van der Waals surface area contributed by atoms with Crippen LogP contribution in [0.15, 0.2) is 42.5 Å². The maximum Gasteiger partial charge on any atom is 0.231 e. The Morgan fingerprint density at radius 2 is 1.95 bits per heavy atom. The van der Waals surface area contributed by atoms with Crippen LogP contribution < -0.4 is 14.8 Å². The highest BCUT2D eigenvalue weighted by Gasteiger charge is 2.13. The predicted molar refractivity (Wildman–Crippen MR) is 93.1 cm³/mol. The van der Waals surface area contributed by atoms with Crippen LogP contribution in [-0.4, -0.2) is 12.8 Å². The van der Waals surface area contributed by atoms with Gasteiger partial charge in [-0.1, -0.05) is 18.2 Å². The van der Waals surface area contributed by atoms with Gasteiger partial charge in [0.15, 0.2) is 11.5 Å². The number of aryl methyl sites for hydroxylation is 1. The van der Waals surface area contributed by atoms with Gasteiger partial charge in [0.25, 0.3) is 0 Å². The molecule has 2 aromatic rings. The molecule has 1 aliphatic rings. The van der Waals surface area contributed by atoms with E-state index in [9.17, 15) is 0 Å². The molecular weight excluding hydrogens is 377 g/mol. The van der Waals surface area contributed by atoms with Crippen molar-refractivity contribution in [1.82, 2.24) is 0 Å². The summed E-state index contributed by atoms with van der Waals surface area (Å²) in [6, 6.07) is 15.0. The molecule has 21 heavy (non-hydrogen) atoms. The number of rotatable bonds is 5. The first-order valence-corrected chi connectivity index (χ1v) is 8.20. The first-order chi connectivity index (χ1) is 10.2. The van der Waals surface area contributed by atoms with E-state index in [0.717, 1.165) is 24.3 Å². The van der Waals surface area contributed by atoms with E-state index in [1.54, 1.807) is 0 Å². The second-order valence-electron chi connectivity index (χ2n) is 5.25. The van der Waals surface area contributed by atoms with Crippen LogP contribution >= 0.6 is 22.6 Å². The van der Waals surface area contributed by atoms with Crippen molar-refractivity contribution in [3.05, 3.63) is 51.6 Å². The van der Waals surface area contributed by atoms with E-state index in [4.69, 9.17) is 9.47 Å². The van der Waals surface area contributed by atoms with Gasteiger partial charge < -0.3 is 14.8 Å². The number of ether oxygens (including phenoxy) is 2. The van der Waals surface area contributed by atoms with Crippen LogP contribution in [0.2, 0.25) is 0 Å². The average molecular weight is 395 g/mol. The van der Waals surface area contributed by atoms with Crippen LogP contribution in [0.4, 0.5) is 5.69 Å². The second-order valence-corrected chi connectivity index (χ2v) is 6.41. The molecule has 1 atom stereocenters. The third kappa shape index (κ3) is 3.61.